The lowest BCUT2D eigenvalue weighted by Crippen LogP contribution is -2.48. The molecule has 3 rings (SSSR count). The molecule has 0 radical (unpaired) electrons. The molecule has 1 aliphatic heterocycles. The van der Waals surface area contributed by atoms with Gasteiger partial charge in [0.1, 0.15) is 0 Å². The van der Waals surface area contributed by atoms with Crippen LogP contribution in [0, 0.1) is 11.8 Å². The highest BCUT2D eigenvalue weighted by Gasteiger charge is 2.53. The Labute approximate surface area is 211 Å². The summed E-state index contributed by atoms with van der Waals surface area (Å²) >= 11 is 0. The van der Waals surface area contributed by atoms with Crippen molar-refractivity contribution in [3.05, 3.63) is 71.8 Å². The lowest BCUT2D eigenvalue weighted by Gasteiger charge is -2.29. The molecule has 0 saturated carbocycles. The number of rotatable bonds is 10. The lowest BCUT2D eigenvalue weighted by atomic mass is 9.95. The molecule has 0 bridgehead atoms. The molecule has 6 atom stereocenters. The topological polar surface area (TPSA) is 117 Å². The van der Waals surface area contributed by atoms with Gasteiger partial charge in [-0.25, -0.2) is 4.79 Å². The molecule has 2 aromatic carbocycles. The number of aliphatic hydroxyl groups is 2. The van der Waals surface area contributed by atoms with Crippen LogP contribution in [-0.2, 0) is 19.1 Å². The van der Waals surface area contributed by atoms with E-state index in [9.17, 15) is 24.6 Å². The highest BCUT2D eigenvalue weighted by atomic mass is 16.5. The Kier molecular flexibility index (Phi) is 9.33. The highest BCUT2D eigenvalue weighted by Crippen LogP contribution is 2.33. The predicted molar refractivity (Wildman–Crippen MR) is 132 cm³/mol. The maximum absolute atomic E-state index is 13.6. The molecular weight excluding hydrogens is 464 g/mol. The van der Waals surface area contributed by atoms with Crippen LogP contribution in [0.15, 0.2) is 60.7 Å². The molecule has 36 heavy (non-hydrogen) atoms. The summed E-state index contributed by atoms with van der Waals surface area (Å²) in [6, 6.07) is 14.9. The second kappa shape index (κ2) is 12.2. The minimum absolute atomic E-state index is 0.0287. The minimum Gasteiger partial charge on any atom is -0.388 e. The number of imide groups is 2. The van der Waals surface area contributed by atoms with Crippen LogP contribution in [0.1, 0.15) is 37.2 Å². The van der Waals surface area contributed by atoms with Gasteiger partial charge >= 0.3 is 6.03 Å². The van der Waals surface area contributed by atoms with Crippen LogP contribution < -0.4 is 0 Å². The summed E-state index contributed by atoms with van der Waals surface area (Å²) in [6.07, 6.45) is -2.31. The summed E-state index contributed by atoms with van der Waals surface area (Å²) in [5.41, 5.74) is 1.07. The Hall–Kier alpha value is -3.11. The number of amides is 4. The molecule has 194 valence electrons. The van der Waals surface area contributed by atoms with Crippen LogP contribution in [0.2, 0.25) is 0 Å². The summed E-state index contributed by atoms with van der Waals surface area (Å²) in [5, 5.41) is 21.7. The third-order valence-electron chi connectivity index (χ3n) is 6.68. The fourth-order valence-electron chi connectivity index (χ4n) is 4.56. The van der Waals surface area contributed by atoms with E-state index in [2.05, 4.69) is 0 Å². The number of carbonyl (C=O) groups is 3. The number of aliphatic hydroxyl groups excluding tert-OH is 2. The van der Waals surface area contributed by atoms with E-state index in [0.29, 0.717) is 11.1 Å². The van der Waals surface area contributed by atoms with Crippen molar-refractivity contribution in [3.63, 3.8) is 0 Å². The Morgan fingerprint density at radius 2 is 1.08 bits per heavy atom. The molecule has 9 heteroatoms. The zero-order valence-corrected chi connectivity index (χ0v) is 21.0. The lowest BCUT2D eigenvalue weighted by molar-refractivity contribution is -0.138. The molecule has 1 fully saturated rings. The molecule has 4 amide bonds. The van der Waals surface area contributed by atoms with E-state index < -0.39 is 54.0 Å². The van der Waals surface area contributed by atoms with Crippen LogP contribution >= 0.6 is 0 Å². The highest BCUT2D eigenvalue weighted by molar-refractivity contribution is 6.06. The number of ether oxygens (including phenoxy) is 2. The molecule has 2 N–H and O–H groups in total. The first-order chi connectivity index (χ1) is 17.2. The van der Waals surface area contributed by atoms with Gasteiger partial charge < -0.3 is 19.7 Å². The molecule has 2 aromatic rings. The zero-order valence-electron chi connectivity index (χ0n) is 21.0. The number of hydrogen-bond acceptors (Lipinski definition) is 7. The number of methoxy groups -OCH3 is 2. The van der Waals surface area contributed by atoms with Crippen molar-refractivity contribution in [3.8, 4) is 0 Å². The Morgan fingerprint density at radius 3 is 1.39 bits per heavy atom. The number of nitrogens with zero attached hydrogens (tertiary/aromatic N) is 2. The van der Waals surface area contributed by atoms with Gasteiger partial charge in [-0.05, 0) is 11.1 Å². The second-order valence-electron chi connectivity index (χ2n) is 9.03. The van der Waals surface area contributed by atoms with Crippen molar-refractivity contribution in [2.45, 2.75) is 38.1 Å². The summed E-state index contributed by atoms with van der Waals surface area (Å²) in [6.45, 7) is 3.02. The van der Waals surface area contributed by atoms with Gasteiger partial charge in [-0.3, -0.25) is 19.4 Å². The van der Waals surface area contributed by atoms with Gasteiger partial charge in [0.05, 0.1) is 49.3 Å². The molecule has 0 aliphatic carbocycles. The maximum atomic E-state index is 13.6. The summed E-state index contributed by atoms with van der Waals surface area (Å²) < 4.78 is 10.6. The largest absolute Gasteiger partial charge is 0.388 e. The second-order valence-corrected chi connectivity index (χ2v) is 9.03. The number of urea groups is 1. The van der Waals surface area contributed by atoms with E-state index in [0.717, 1.165) is 9.80 Å². The summed E-state index contributed by atoms with van der Waals surface area (Å²) in [5.74, 6) is -3.21. The third kappa shape index (κ3) is 5.49. The van der Waals surface area contributed by atoms with E-state index in [1.54, 1.807) is 60.7 Å². The van der Waals surface area contributed by atoms with Crippen LogP contribution in [0.4, 0.5) is 4.79 Å². The van der Waals surface area contributed by atoms with Crippen LogP contribution in [0.25, 0.3) is 0 Å². The van der Waals surface area contributed by atoms with Gasteiger partial charge in [0.2, 0.25) is 11.8 Å². The smallest absolute Gasteiger partial charge is 0.334 e. The molecule has 9 nitrogen and oxygen atoms in total. The average Bonchev–Trinajstić information content (AvgIpc) is 3.17. The fourth-order valence-corrected chi connectivity index (χ4v) is 4.56. The van der Waals surface area contributed by atoms with Gasteiger partial charge in [0, 0.05) is 14.2 Å². The molecular formula is C27H34N2O7. The molecule has 1 heterocycles. The van der Waals surface area contributed by atoms with E-state index in [4.69, 9.17) is 9.47 Å². The standard InChI is InChI=1S/C27H34N2O7/c1-17(23(30)19-11-7-5-8-12-19)25(32)28-21(15-35-3)22(16-36-4)29(27(28)34)26(33)18(2)24(31)20-13-9-6-10-14-20/h5-14,17-18,21-24,30-31H,15-16H2,1-4H3/t17-,18-,21-,22-,23-,24-/m1/s1. The van der Waals surface area contributed by atoms with Crippen LogP contribution in [0.3, 0.4) is 0 Å². The normalized spacial score (nSPS) is 21.2. The van der Waals surface area contributed by atoms with E-state index in [-0.39, 0.29) is 13.2 Å². The summed E-state index contributed by atoms with van der Waals surface area (Å²) in [7, 11) is 2.87. The Bertz CT molecular complexity index is 951. The third-order valence-corrected chi connectivity index (χ3v) is 6.68. The monoisotopic (exact) mass is 498 g/mol. The van der Waals surface area contributed by atoms with E-state index in [1.807, 2.05) is 0 Å². The van der Waals surface area contributed by atoms with Crippen LogP contribution in [0.5, 0.6) is 0 Å². The van der Waals surface area contributed by atoms with Gasteiger partial charge in [-0.15, -0.1) is 0 Å². The number of benzene rings is 2. The minimum atomic E-state index is -1.15. The first kappa shape index (κ1) is 27.5. The van der Waals surface area contributed by atoms with Crippen LogP contribution in [-0.4, -0.2) is 77.4 Å². The fraction of sp³-hybridized carbons (Fsp3) is 0.444. The number of carbonyl (C=O) groups excluding carboxylic acids is 3. The molecule has 1 saturated heterocycles. The molecule has 1 aliphatic rings. The van der Waals surface area contributed by atoms with Gasteiger partial charge in [-0.2, -0.15) is 0 Å². The molecule has 0 aromatic heterocycles. The average molecular weight is 499 g/mol. The van der Waals surface area contributed by atoms with Crippen molar-refractivity contribution in [1.29, 1.82) is 0 Å². The van der Waals surface area contributed by atoms with Gasteiger partial charge in [0.25, 0.3) is 0 Å². The zero-order chi connectivity index (χ0) is 26.4. The molecule has 0 unspecified atom stereocenters. The number of hydrogen-bond donors (Lipinski definition) is 2. The first-order valence-electron chi connectivity index (χ1n) is 11.9. The quantitative estimate of drug-likeness (QED) is 0.517. The first-order valence-corrected chi connectivity index (χ1v) is 11.9. The SMILES string of the molecule is COC[C@@H]1[C@@H](COC)N(C(=O)[C@H](C)[C@@H](O)c2ccccc2)C(=O)N1C(=O)[C@H](C)[C@@H](O)c1ccccc1. The Morgan fingerprint density at radius 1 is 0.750 bits per heavy atom. The van der Waals surface area contributed by atoms with Crippen molar-refractivity contribution in [2.24, 2.45) is 11.8 Å². The van der Waals surface area contributed by atoms with E-state index in [1.165, 1.54) is 28.1 Å². The summed E-state index contributed by atoms with van der Waals surface area (Å²) in [4.78, 5) is 42.7. The van der Waals surface area contributed by atoms with Gasteiger partial charge in [0.15, 0.2) is 0 Å². The van der Waals surface area contributed by atoms with Crippen molar-refractivity contribution >= 4 is 17.8 Å². The van der Waals surface area contributed by atoms with Gasteiger partial charge in [-0.1, -0.05) is 74.5 Å². The van der Waals surface area contributed by atoms with Crippen molar-refractivity contribution in [2.75, 3.05) is 27.4 Å². The maximum Gasteiger partial charge on any atom is 0.334 e. The van der Waals surface area contributed by atoms with E-state index >= 15 is 0 Å². The molecule has 0 spiro atoms. The Balaban J connectivity index is 1.92. The predicted octanol–water partition coefficient (Wildman–Crippen LogP) is 2.55. The van der Waals surface area contributed by atoms with Crippen molar-refractivity contribution < 1.29 is 34.1 Å². The van der Waals surface area contributed by atoms with Crippen molar-refractivity contribution in [1.82, 2.24) is 9.80 Å².